The van der Waals surface area contributed by atoms with Crippen LogP contribution in [-0.2, 0) is 16.2 Å². The second-order valence-electron chi connectivity index (χ2n) is 4.55. The third-order valence-electron chi connectivity index (χ3n) is 1.81. The molecular weight excluding hydrogens is 210 g/mol. The largest absolute Gasteiger partial charge is 0.370 e. The van der Waals surface area contributed by atoms with E-state index in [-0.39, 0.29) is 5.97 Å². The average molecular weight is 227 g/mol. The van der Waals surface area contributed by atoms with E-state index in [9.17, 15) is 4.79 Å². The Morgan fingerprint density at radius 2 is 2.20 bits per heavy atom. The molecule has 84 valence electrons. The third kappa shape index (κ3) is 4.01. The van der Waals surface area contributed by atoms with Gasteiger partial charge in [-0.2, -0.15) is 0 Å². The molecule has 0 unspecified atom stereocenters. The number of carbonyl (C=O) groups is 1. The predicted molar refractivity (Wildman–Crippen MR) is 61.4 cm³/mol. The summed E-state index contributed by atoms with van der Waals surface area (Å²) in [5, 5.41) is 2.07. The first kappa shape index (κ1) is 12.2. The van der Waals surface area contributed by atoms with Gasteiger partial charge in [-0.3, -0.25) is 0 Å². The van der Waals surface area contributed by atoms with Crippen LogP contribution in [0.25, 0.3) is 0 Å². The predicted octanol–water partition coefficient (Wildman–Crippen LogP) is 2.65. The number of rotatable bonds is 3. The van der Waals surface area contributed by atoms with Crippen molar-refractivity contribution >= 4 is 17.3 Å². The van der Waals surface area contributed by atoms with E-state index in [1.807, 2.05) is 27.7 Å². The molecule has 0 saturated heterocycles. The van der Waals surface area contributed by atoms with Gasteiger partial charge in [-0.15, -0.1) is 16.8 Å². The molecule has 0 amide bonds. The van der Waals surface area contributed by atoms with Crippen LogP contribution in [0.1, 0.15) is 31.2 Å². The summed E-state index contributed by atoms with van der Waals surface area (Å²) in [4.78, 5) is 17.5. The van der Waals surface area contributed by atoms with E-state index in [1.165, 1.54) is 5.56 Å². The molecule has 1 N–H and O–H groups in total. The zero-order valence-electron chi connectivity index (χ0n) is 9.59. The highest BCUT2D eigenvalue weighted by Crippen LogP contribution is 2.15. The minimum absolute atomic E-state index is 0.240. The molecule has 0 radical (unpaired) electrons. The first-order chi connectivity index (χ1) is 6.89. The highest BCUT2D eigenvalue weighted by atomic mass is 32.1. The maximum atomic E-state index is 11.4. The van der Waals surface area contributed by atoms with Crippen LogP contribution in [0.5, 0.6) is 0 Å². The highest BCUT2D eigenvalue weighted by Gasteiger charge is 2.23. The summed E-state index contributed by atoms with van der Waals surface area (Å²) in [6, 6.07) is 2.07. The van der Waals surface area contributed by atoms with Gasteiger partial charge in [-0.1, -0.05) is 0 Å². The van der Waals surface area contributed by atoms with Crippen LogP contribution in [0.2, 0.25) is 0 Å². The van der Waals surface area contributed by atoms with Gasteiger partial charge in [0.25, 0.3) is 0 Å². The van der Waals surface area contributed by atoms with Gasteiger partial charge in [0.2, 0.25) is 0 Å². The maximum absolute atomic E-state index is 11.4. The molecular formula is C11H17NO2S. The molecule has 4 heteroatoms. The lowest BCUT2D eigenvalue weighted by Crippen LogP contribution is -2.29. The number of thiophene rings is 1. The molecule has 0 spiro atoms. The lowest BCUT2D eigenvalue weighted by molar-refractivity contribution is -0.161. The van der Waals surface area contributed by atoms with Crippen LogP contribution in [-0.4, -0.2) is 5.97 Å². The molecule has 3 nitrogen and oxygen atoms in total. The first-order valence-corrected chi connectivity index (χ1v) is 5.75. The van der Waals surface area contributed by atoms with Gasteiger partial charge in [0.15, 0.2) is 0 Å². The van der Waals surface area contributed by atoms with Gasteiger partial charge in [-0.05, 0) is 44.7 Å². The number of hydrogen-bond donors (Lipinski definition) is 1. The van der Waals surface area contributed by atoms with Crippen molar-refractivity contribution in [2.75, 3.05) is 0 Å². The standard InChI is InChI=1S/C11H17NO2S/c1-8-5-9(15-7-8)6-12-14-10(13)11(2,3)4/h5,7,12H,6H2,1-4H3. The van der Waals surface area contributed by atoms with Crippen molar-refractivity contribution in [3.63, 3.8) is 0 Å². The van der Waals surface area contributed by atoms with Gasteiger partial charge < -0.3 is 4.84 Å². The van der Waals surface area contributed by atoms with Crippen molar-refractivity contribution in [3.05, 3.63) is 21.9 Å². The lowest BCUT2D eigenvalue weighted by Gasteiger charge is -2.15. The highest BCUT2D eigenvalue weighted by molar-refractivity contribution is 7.10. The molecule has 0 atom stereocenters. The average Bonchev–Trinajstić information content (AvgIpc) is 2.49. The Bertz CT molecular complexity index is 339. The molecule has 0 aliphatic heterocycles. The maximum Gasteiger partial charge on any atom is 0.329 e. The minimum Gasteiger partial charge on any atom is -0.370 e. The number of nitrogens with one attached hydrogen (secondary N) is 1. The van der Waals surface area contributed by atoms with Crippen molar-refractivity contribution in [1.82, 2.24) is 5.48 Å². The van der Waals surface area contributed by atoms with E-state index >= 15 is 0 Å². The van der Waals surface area contributed by atoms with E-state index < -0.39 is 5.41 Å². The zero-order valence-corrected chi connectivity index (χ0v) is 10.4. The van der Waals surface area contributed by atoms with Crippen molar-refractivity contribution in [2.24, 2.45) is 5.41 Å². The Morgan fingerprint density at radius 3 is 2.67 bits per heavy atom. The molecule has 15 heavy (non-hydrogen) atoms. The first-order valence-electron chi connectivity index (χ1n) is 4.88. The lowest BCUT2D eigenvalue weighted by atomic mass is 9.98. The number of aryl methyl sites for hydroxylation is 1. The molecule has 0 aliphatic rings. The Balaban J connectivity index is 2.31. The number of hydrogen-bond acceptors (Lipinski definition) is 4. The van der Waals surface area contributed by atoms with E-state index in [4.69, 9.17) is 4.84 Å². The number of carbonyl (C=O) groups excluding carboxylic acids is 1. The molecule has 0 aliphatic carbocycles. The smallest absolute Gasteiger partial charge is 0.329 e. The fourth-order valence-electron chi connectivity index (χ4n) is 0.909. The Morgan fingerprint density at radius 1 is 1.53 bits per heavy atom. The van der Waals surface area contributed by atoms with Crippen molar-refractivity contribution < 1.29 is 9.63 Å². The van der Waals surface area contributed by atoms with Crippen molar-refractivity contribution in [1.29, 1.82) is 0 Å². The quantitative estimate of drug-likeness (QED) is 0.807. The summed E-state index contributed by atoms with van der Waals surface area (Å²) >= 11 is 1.65. The SMILES string of the molecule is Cc1csc(CNOC(=O)C(C)(C)C)c1. The fraction of sp³-hybridized carbons (Fsp3) is 0.545. The third-order valence-corrected chi connectivity index (χ3v) is 2.86. The summed E-state index contributed by atoms with van der Waals surface area (Å²) < 4.78 is 0. The summed E-state index contributed by atoms with van der Waals surface area (Å²) in [6.45, 7) is 8.09. The van der Waals surface area contributed by atoms with Gasteiger partial charge in [0.05, 0.1) is 12.0 Å². The molecule has 0 aromatic carbocycles. The molecule has 1 heterocycles. The van der Waals surface area contributed by atoms with Crippen LogP contribution in [0.15, 0.2) is 11.4 Å². The molecule has 1 aromatic heterocycles. The molecule has 1 aromatic rings. The summed E-state index contributed by atoms with van der Waals surface area (Å²) in [5.41, 5.74) is 3.46. The fourth-order valence-corrected chi connectivity index (χ4v) is 1.71. The van der Waals surface area contributed by atoms with Crippen molar-refractivity contribution in [2.45, 2.75) is 34.2 Å². The van der Waals surface area contributed by atoms with Gasteiger partial charge in [0, 0.05) is 4.88 Å². The molecule has 0 bridgehead atoms. The minimum atomic E-state index is -0.460. The van der Waals surface area contributed by atoms with Gasteiger partial charge in [0.1, 0.15) is 0 Å². The monoisotopic (exact) mass is 227 g/mol. The van der Waals surface area contributed by atoms with Gasteiger partial charge in [-0.25, -0.2) is 4.79 Å². The van der Waals surface area contributed by atoms with Crippen LogP contribution in [0, 0.1) is 12.3 Å². The summed E-state index contributed by atoms with van der Waals surface area (Å²) in [5.74, 6) is -0.240. The van der Waals surface area contributed by atoms with Crippen LogP contribution in [0.3, 0.4) is 0 Å². The molecule has 0 fully saturated rings. The van der Waals surface area contributed by atoms with Gasteiger partial charge >= 0.3 is 5.97 Å². The second-order valence-corrected chi connectivity index (χ2v) is 5.55. The number of hydroxylamine groups is 1. The molecule has 1 rings (SSSR count). The summed E-state index contributed by atoms with van der Waals surface area (Å²) in [7, 11) is 0. The van der Waals surface area contributed by atoms with Crippen LogP contribution < -0.4 is 5.48 Å². The normalized spacial score (nSPS) is 11.5. The van der Waals surface area contributed by atoms with Crippen molar-refractivity contribution in [3.8, 4) is 0 Å². The van der Waals surface area contributed by atoms with Crippen LogP contribution >= 0.6 is 11.3 Å². The van der Waals surface area contributed by atoms with E-state index in [1.54, 1.807) is 11.3 Å². The van der Waals surface area contributed by atoms with Crippen LogP contribution in [0.4, 0.5) is 0 Å². The zero-order chi connectivity index (χ0) is 11.5. The van der Waals surface area contributed by atoms with E-state index in [0.717, 1.165) is 4.88 Å². The summed E-state index contributed by atoms with van der Waals surface area (Å²) in [6.07, 6.45) is 0. The molecule has 0 saturated carbocycles. The Kier molecular flexibility index (Phi) is 3.88. The topological polar surface area (TPSA) is 38.3 Å². The van der Waals surface area contributed by atoms with E-state index in [2.05, 4.69) is 16.9 Å². The second kappa shape index (κ2) is 4.77. The Hall–Kier alpha value is -0.870. The van der Waals surface area contributed by atoms with E-state index in [0.29, 0.717) is 6.54 Å². The Labute approximate surface area is 94.4 Å².